The van der Waals surface area contributed by atoms with E-state index in [1.807, 2.05) is 0 Å². The van der Waals surface area contributed by atoms with Crippen LogP contribution in [0.3, 0.4) is 0 Å². The lowest BCUT2D eigenvalue weighted by atomic mass is 10.4. The molecule has 1 aromatic heterocycles. The molecule has 0 aliphatic heterocycles. The van der Waals surface area contributed by atoms with Gasteiger partial charge in [-0.15, -0.1) is 0 Å². The van der Waals surface area contributed by atoms with Gasteiger partial charge in [-0.2, -0.15) is 0 Å². The maximum absolute atomic E-state index is 11.7. The van der Waals surface area contributed by atoms with Crippen LogP contribution in [0.2, 0.25) is 0 Å². The van der Waals surface area contributed by atoms with Crippen LogP contribution >= 0.6 is 0 Å². The minimum absolute atomic E-state index is 0.177. The lowest BCUT2D eigenvalue weighted by molar-refractivity contribution is 0.142. The first-order valence-corrected chi connectivity index (χ1v) is 3.78. The predicted molar refractivity (Wildman–Crippen MR) is 45.6 cm³/mol. The minimum Gasteiger partial charge on any atom is -0.382 e. The number of anilines is 2. The predicted octanol–water partition coefficient (Wildman–Crippen LogP) is 1.13. The Morgan fingerprint density at radius 2 is 2.15 bits per heavy atom. The Hall–Kier alpha value is -1.46. The van der Waals surface area contributed by atoms with Crippen LogP contribution in [0.1, 0.15) is 6.42 Å². The third-order valence-electron chi connectivity index (χ3n) is 1.34. The van der Waals surface area contributed by atoms with Crippen molar-refractivity contribution in [1.29, 1.82) is 0 Å². The van der Waals surface area contributed by atoms with Gasteiger partial charge in [-0.3, -0.25) is 0 Å². The number of nitrogens with two attached hydrogens (primary N) is 1. The van der Waals surface area contributed by atoms with Gasteiger partial charge in [0.05, 0.1) is 12.4 Å². The SMILES string of the molecule is Nc1cnc(NCCC(F)F)cn1. The summed E-state index contributed by atoms with van der Waals surface area (Å²) in [6.45, 7) is 0.177. The van der Waals surface area contributed by atoms with Crippen LogP contribution in [0.5, 0.6) is 0 Å². The molecule has 6 heteroatoms. The zero-order valence-corrected chi connectivity index (χ0v) is 6.87. The largest absolute Gasteiger partial charge is 0.382 e. The van der Waals surface area contributed by atoms with Crippen LogP contribution in [-0.2, 0) is 0 Å². The molecule has 1 rings (SSSR count). The number of halogens is 2. The fraction of sp³-hybridized carbons (Fsp3) is 0.429. The normalized spacial score (nSPS) is 10.4. The molecule has 0 radical (unpaired) electrons. The number of nitrogens with zero attached hydrogens (tertiary/aromatic N) is 2. The summed E-state index contributed by atoms with van der Waals surface area (Å²) in [6, 6.07) is 0. The molecule has 0 aliphatic rings. The van der Waals surface area contributed by atoms with Crippen molar-refractivity contribution in [1.82, 2.24) is 9.97 Å². The summed E-state index contributed by atoms with van der Waals surface area (Å²) in [7, 11) is 0. The standard InChI is InChI=1S/C7H10F2N4/c8-5(9)1-2-11-7-4-12-6(10)3-13-7/h3-5H,1-2H2,(H2,10,12)(H,11,13). The topological polar surface area (TPSA) is 63.8 Å². The molecule has 0 aromatic carbocycles. The third kappa shape index (κ3) is 3.64. The second-order valence-electron chi connectivity index (χ2n) is 2.43. The molecule has 0 amide bonds. The molecule has 1 aromatic rings. The maximum Gasteiger partial charge on any atom is 0.240 e. The zero-order valence-electron chi connectivity index (χ0n) is 6.87. The van der Waals surface area contributed by atoms with Gasteiger partial charge in [0.25, 0.3) is 0 Å². The highest BCUT2D eigenvalue weighted by atomic mass is 19.3. The number of aromatic nitrogens is 2. The molecule has 0 unspecified atom stereocenters. The molecule has 0 fully saturated rings. The number of hydrogen-bond donors (Lipinski definition) is 2. The van der Waals surface area contributed by atoms with Gasteiger partial charge in [0.15, 0.2) is 0 Å². The van der Waals surface area contributed by atoms with Gasteiger partial charge < -0.3 is 11.1 Å². The van der Waals surface area contributed by atoms with Crippen LogP contribution in [0.15, 0.2) is 12.4 Å². The highest BCUT2D eigenvalue weighted by Gasteiger charge is 2.01. The van der Waals surface area contributed by atoms with E-state index < -0.39 is 6.43 Å². The number of nitrogen functional groups attached to an aromatic ring is 1. The Morgan fingerprint density at radius 1 is 1.38 bits per heavy atom. The van der Waals surface area contributed by atoms with E-state index in [9.17, 15) is 8.78 Å². The molecule has 1 heterocycles. The van der Waals surface area contributed by atoms with Gasteiger partial charge in [-0.1, -0.05) is 0 Å². The second kappa shape index (κ2) is 4.54. The fourth-order valence-electron chi connectivity index (χ4n) is 0.739. The Balaban J connectivity index is 2.33. The number of hydrogen-bond acceptors (Lipinski definition) is 4. The quantitative estimate of drug-likeness (QED) is 0.743. The highest BCUT2D eigenvalue weighted by Crippen LogP contribution is 2.03. The molecule has 0 spiro atoms. The zero-order chi connectivity index (χ0) is 9.68. The molecule has 72 valence electrons. The number of alkyl halides is 2. The summed E-state index contributed by atoms with van der Waals surface area (Å²) >= 11 is 0. The number of rotatable bonds is 4. The Bertz CT molecular complexity index is 249. The molecule has 0 bridgehead atoms. The molecule has 13 heavy (non-hydrogen) atoms. The summed E-state index contributed by atoms with van der Waals surface area (Å²) in [5, 5.41) is 2.69. The summed E-state index contributed by atoms with van der Waals surface area (Å²) in [5.41, 5.74) is 5.28. The highest BCUT2D eigenvalue weighted by molar-refractivity contribution is 5.35. The average Bonchev–Trinajstić information content (AvgIpc) is 2.08. The summed E-state index contributed by atoms with van der Waals surface area (Å²) in [4.78, 5) is 7.57. The van der Waals surface area contributed by atoms with Crippen molar-refractivity contribution < 1.29 is 8.78 Å². The summed E-state index contributed by atoms with van der Waals surface area (Å²) in [6.07, 6.45) is 0.270. The van der Waals surface area contributed by atoms with Crippen molar-refractivity contribution in [2.24, 2.45) is 0 Å². The fourth-order valence-corrected chi connectivity index (χ4v) is 0.739. The van der Waals surface area contributed by atoms with Crippen LogP contribution in [0.25, 0.3) is 0 Å². The van der Waals surface area contributed by atoms with Crippen molar-refractivity contribution >= 4 is 11.6 Å². The molecular formula is C7H10F2N4. The van der Waals surface area contributed by atoms with E-state index in [2.05, 4.69) is 15.3 Å². The van der Waals surface area contributed by atoms with Crippen LogP contribution in [-0.4, -0.2) is 22.9 Å². The smallest absolute Gasteiger partial charge is 0.240 e. The van der Waals surface area contributed by atoms with E-state index >= 15 is 0 Å². The summed E-state index contributed by atoms with van der Waals surface area (Å²) < 4.78 is 23.4. The molecular weight excluding hydrogens is 178 g/mol. The van der Waals surface area contributed by atoms with Crippen molar-refractivity contribution in [2.75, 3.05) is 17.6 Å². The molecule has 4 nitrogen and oxygen atoms in total. The first kappa shape index (κ1) is 9.63. The van der Waals surface area contributed by atoms with Crippen molar-refractivity contribution in [3.8, 4) is 0 Å². The Morgan fingerprint density at radius 3 is 2.69 bits per heavy atom. The Labute approximate surface area is 74.2 Å². The molecule has 0 aliphatic carbocycles. The van der Waals surface area contributed by atoms with Crippen LogP contribution in [0, 0.1) is 0 Å². The van der Waals surface area contributed by atoms with E-state index in [0.717, 1.165) is 0 Å². The molecule has 0 saturated heterocycles. The van der Waals surface area contributed by atoms with Gasteiger partial charge in [-0.05, 0) is 0 Å². The van der Waals surface area contributed by atoms with Crippen molar-refractivity contribution in [3.05, 3.63) is 12.4 Å². The van der Waals surface area contributed by atoms with E-state index in [0.29, 0.717) is 11.6 Å². The molecule has 0 atom stereocenters. The van der Waals surface area contributed by atoms with Gasteiger partial charge in [0, 0.05) is 13.0 Å². The maximum atomic E-state index is 11.7. The third-order valence-corrected chi connectivity index (χ3v) is 1.34. The van der Waals surface area contributed by atoms with Gasteiger partial charge >= 0.3 is 0 Å². The van der Waals surface area contributed by atoms with Crippen LogP contribution < -0.4 is 11.1 Å². The van der Waals surface area contributed by atoms with Crippen molar-refractivity contribution in [2.45, 2.75) is 12.8 Å². The first-order valence-electron chi connectivity index (χ1n) is 3.78. The van der Waals surface area contributed by atoms with Gasteiger partial charge in [0.2, 0.25) is 6.43 Å². The van der Waals surface area contributed by atoms with E-state index in [-0.39, 0.29) is 13.0 Å². The van der Waals surface area contributed by atoms with Crippen LogP contribution in [0.4, 0.5) is 20.4 Å². The van der Waals surface area contributed by atoms with E-state index in [1.54, 1.807) is 0 Å². The number of nitrogens with one attached hydrogen (secondary N) is 1. The lowest BCUT2D eigenvalue weighted by Gasteiger charge is -2.03. The minimum atomic E-state index is -2.30. The van der Waals surface area contributed by atoms with Gasteiger partial charge in [-0.25, -0.2) is 18.7 Å². The summed E-state index contributed by atoms with van der Waals surface area (Å²) in [5.74, 6) is 0.759. The van der Waals surface area contributed by atoms with Crippen molar-refractivity contribution in [3.63, 3.8) is 0 Å². The van der Waals surface area contributed by atoms with E-state index in [4.69, 9.17) is 5.73 Å². The Kier molecular flexibility index (Phi) is 3.36. The molecule has 0 saturated carbocycles. The lowest BCUT2D eigenvalue weighted by Crippen LogP contribution is -2.07. The second-order valence-corrected chi connectivity index (χ2v) is 2.43. The monoisotopic (exact) mass is 188 g/mol. The average molecular weight is 188 g/mol. The molecule has 3 N–H and O–H groups in total. The van der Waals surface area contributed by atoms with E-state index in [1.165, 1.54) is 12.4 Å². The van der Waals surface area contributed by atoms with Gasteiger partial charge in [0.1, 0.15) is 11.6 Å². The first-order chi connectivity index (χ1) is 6.18.